The average molecular weight is 374 g/mol. The molecule has 0 amide bonds. The zero-order valence-electron chi connectivity index (χ0n) is 13.2. The summed E-state index contributed by atoms with van der Waals surface area (Å²) in [5.41, 5.74) is 0.980. The van der Waals surface area contributed by atoms with Crippen LogP contribution in [0.4, 0.5) is 0 Å². The van der Waals surface area contributed by atoms with Gasteiger partial charge >= 0.3 is 143 Å². The Morgan fingerprint density at radius 1 is 1.22 bits per heavy atom. The SMILES string of the molecule is COc1ccc(C2(O)C=CCCC2)c(C[Se]c2ccccc2)n1. The number of rotatable bonds is 5. The van der Waals surface area contributed by atoms with Crippen LogP contribution in [0.5, 0.6) is 5.88 Å². The van der Waals surface area contributed by atoms with Crippen molar-refractivity contribution in [1.82, 2.24) is 4.98 Å². The Hall–Kier alpha value is -1.61. The third-order valence-corrected chi connectivity index (χ3v) is 6.21. The number of hydrogen-bond donors (Lipinski definition) is 1. The molecule has 0 saturated carbocycles. The molecule has 0 fully saturated rings. The summed E-state index contributed by atoms with van der Waals surface area (Å²) in [5, 5.41) is 11.9. The predicted molar refractivity (Wildman–Crippen MR) is 93.2 cm³/mol. The molecule has 1 aliphatic carbocycles. The molecule has 3 nitrogen and oxygen atoms in total. The summed E-state index contributed by atoms with van der Waals surface area (Å²) in [6, 6.07) is 14.3. The second-order valence-electron chi connectivity index (χ2n) is 5.67. The first-order valence-corrected chi connectivity index (χ1v) is 9.90. The van der Waals surface area contributed by atoms with E-state index < -0.39 is 5.60 Å². The van der Waals surface area contributed by atoms with Crippen molar-refractivity contribution in [2.45, 2.75) is 30.2 Å². The molecule has 1 heterocycles. The van der Waals surface area contributed by atoms with Crippen molar-refractivity contribution in [2.75, 3.05) is 7.11 Å². The van der Waals surface area contributed by atoms with E-state index >= 15 is 0 Å². The van der Waals surface area contributed by atoms with Crippen molar-refractivity contribution in [2.24, 2.45) is 0 Å². The molecular formula is C19H21NO2Se. The summed E-state index contributed by atoms with van der Waals surface area (Å²) in [5.74, 6) is 0.607. The van der Waals surface area contributed by atoms with E-state index in [1.807, 2.05) is 24.3 Å². The minimum absolute atomic E-state index is 0.282. The van der Waals surface area contributed by atoms with Gasteiger partial charge < -0.3 is 0 Å². The number of nitrogens with zero attached hydrogens (tertiary/aromatic N) is 1. The number of hydrogen-bond acceptors (Lipinski definition) is 3. The van der Waals surface area contributed by atoms with Crippen LogP contribution < -0.4 is 9.20 Å². The summed E-state index contributed by atoms with van der Waals surface area (Å²) in [7, 11) is 1.63. The monoisotopic (exact) mass is 375 g/mol. The van der Waals surface area contributed by atoms with Crippen molar-refractivity contribution in [3.05, 3.63) is 65.9 Å². The minimum atomic E-state index is -0.889. The fraction of sp³-hybridized carbons (Fsp3) is 0.316. The number of pyridine rings is 1. The van der Waals surface area contributed by atoms with Crippen LogP contribution in [-0.2, 0) is 10.9 Å². The molecule has 4 heteroatoms. The molecule has 1 aromatic carbocycles. The van der Waals surface area contributed by atoms with Gasteiger partial charge in [0.1, 0.15) is 0 Å². The Bertz CT molecular complexity index is 687. The Kier molecular flexibility index (Phi) is 5.16. The van der Waals surface area contributed by atoms with Gasteiger partial charge in [-0.2, -0.15) is 0 Å². The Morgan fingerprint density at radius 2 is 2.04 bits per heavy atom. The van der Waals surface area contributed by atoms with Gasteiger partial charge in [0.2, 0.25) is 0 Å². The summed E-state index contributed by atoms with van der Waals surface area (Å²) >= 11 is 0.282. The number of allylic oxidation sites excluding steroid dienone is 1. The number of aromatic nitrogens is 1. The zero-order chi connectivity index (χ0) is 16.1. The maximum atomic E-state index is 11.0. The van der Waals surface area contributed by atoms with Crippen molar-refractivity contribution < 1.29 is 9.84 Å². The normalized spacial score (nSPS) is 20.4. The van der Waals surface area contributed by atoms with Gasteiger partial charge in [-0.15, -0.1) is 0 Å². The van der Waals surface area contributed by atoms with Gasteiger partial charge in [-0.3, -0.25) is 0 Å². The first-order chi connectivity index (χ1) is 11.2. The molecule has 3 rings (SSSR count). The molecule has 2 aromatic rings. The molecule has 0 bridgehead atoms. The number of ether oxygens (including phenoxy) is 1. The third kappa shape index (κ3) is 3.84. The zero-order valence-corrected chi connectivity index (χ0v) is 14.9. The molecule has 1 N–H and O–H groups in total. The molecule has 1 atom stereocenters. The quantitative estimate of drug-likeness (QED) is 0.646. The molecule has 120 valence electrons. The van der Waals surface area contributed by atoms with Gasteiger partial charge in [-0.05, 0) is 0 Å². The Balaban J connectivity index is 1.90. The third-order valence-electron chi connectivity index (χ3n) is 4.07. The summed E-state index contributed by atoms with van der Waals surface area (Å²) in [6.45, 7) is 0. The topological polar surface area (TPSA) is 42.4 Å². The van der Waals surface area contributed by atoms with E-state index in [1.165, 1.54) is 4.46 Å². The number of aliphatic hydroxyl groups is 1. The van der Waals surface area contributed by atoms with Crippen LogP contribution >= 0.6 is 0 Å². The summed E-state index contributed by atoms with van der Waals surface area (Å²) < 4.78 is 6.61. The van der Waals surface area contributed by atoms with Gasteiger partial charge in [0.25, 0.3) is 0 Å². The molecule has 0 saturated heterocycles. The van der Waals surface area contributed by atoms with Crippen molar-refractivity contribution in [3.8, 4) is 5.88 Å². The Morgan fingerprint density at radius 3 is 2.74 bits per heavy atom. The van der Waals surface area contributed by atoms with Crippen LogP contribution in [0.1, 0.15) is 30.5 Å². The van der Waals surface area contributed by atoms with Crippen LogP contribution in [0.25, 0.3) is 0 Å². The second-order valence-corrected chi connectivity index (χ2v) is 7.87. The van der Waals surface area contributed by atoms with Gasteiger partial charge in [-0.25, -0.2) is 0 Å². The first-order valence-electron chi connectivity index (χ1n) is 7.83. The molecule has 1 aromatic heterocycles. The molecule has 0 spiro atoms. The molecule has 0 radical (unpaired) electrons. The van der Waals surface area contributed by atoms with Crippen molar-refractivity contribution in [1.29, 1.82) is 0 Å². The van der Waals surface area contributed by atoms with Gasteiger partial charge in [0.05, 0.1) is 0 Å². The molecule has 23 heavy (non-hydrogen) atoms. The van der Waals surface area contributed by atoms with E-state index in [1.54, 1.807) is 7.11 Å². The number of benzene rings is 1. The maximum absolute atomic E-state index is 11.0. The Labute approximate surface area is 143 Å². The van der Waals surface area contributed by atoms with E-state index in [-0.39, 0.29) is 15.0 Å². The van der Waals surface area contributed by atoms with E-state index in [2.05, 4.69) is 35.3 Å². The van der Waals surface area contributed by atoms with Crippen molar-refractivity contribution in [3.63, 3.8) is 0 Å². The fourth-order valence-electron chi connectivity index (χ4n) is 2.84. The number of methoxy groups -OCH3 is 1. The molecule has 0 aliphatic heterocycles. The van der Waals surface area contributed by atoms with Gasteiger partial charge in [0.15, 0.2) is 0 Å². The summed E-state index contributed by atoms with van der Waals surface area (Å²) in [4.78, 5) is 4.63. The van der Waals surface area contributed by atoms with Crippen LogP contribution in [0.15, 0.2) is 54.6 Å². The fourth-order valence-corrected chi connectivity index (χ4v) is 4.67. The molecular weight excluding hydrogens is 353 g/mol. The molecule has 1 aliphatic rings. The van der Waals surface area contributed by atoms with Crippen molar-refractivity contribution >= 4 is 19.4 Å². The summed E-state index contributed by atoms with van der Waals surface area (Å²) in [6.07, 6.45) is 6.79. The van der Waals surface area contributed by atoms with Crippen LogP contribution in [0.2, 0.25) is 0 Å². The van der Waals surface area contributed by atoms with E-state index in [9.17, 15) is 5.11 Å². The van der Waals surface area contributed by atoms with E-state index in [0.717, 1.165) is 35.8 Å². The van der Waals surface area contributed by atoms with Crippen LogP contribution in [0, 0.1) is 0 Å². The van der Waals surface area contributed by atoms with Crippen LogP contribution in [0.3, 0.4) is 0 Å². The second kappa shape index (κ2) is 7.31. The standard InChI is InChI=1S/C19H21NO2Se/c1-22-18-11-10-16(19(21)12-6-3-7-13-19)17(20-18)14-23-15-8-4-2-5-9-15/h2,4-6,8-12,21H,3,7,13-14H2,1H3. The first kappa shape index (κ1) is 16.3. The van der Waals surface area contributed by atoms with E-state index in [4.69, 9.17) is 4.74 Å². The molecule has 1 unspecified atom stereocenters. The van der Waals surface area contributed by atoms with Gasteiger partial charge in [0, 0.05) is 0 Å². The van der Waals surface area contributed by atoms with Crippen LogP contribution in [-0.4, -0.2) is 32.2 Å². The van der Waals surface area contributed by atoms with Gasteiger partial charge in [-0.1, -0.05) is 0 Å². The average Bonchev–Trinajstić information content (AvgIpc) is 2.61. The predicted octanol–water partition coefficient (Wildman–Crippen LogP) is 2.55. The van der Waals surface area contributed by atoms with E-state index in [0.29, 0.717) is 5.88 Å².